The fraction of sp³-hybridized carbons (Fsp3) is 0.135. The first-order valence-corrected chi connectivity index (χ1v) is 14.4. The predicted octanol–water partition coefficient (Wildman–Crippen LogP) is 7.18. The van der Waals surface area contributed by atoms with Gasteiger partial charge in [0.2, 0.25) is 5.95 Å². The second kappa shape index (κ2) is 8.05. The number of fused-ring (bicyclic) bond motifs is 7. The van der Waals surface area contributed by atoms with Crippen LogP contribution in [0.3, 0.4) is 0 Å². The maximum absolute atomic E-state index is 5.32. The van der Waals surface area contributed by atoms with E-state index in [1.165, 1.54) is 49.2 Å². The topological polar surface area (TPSA) is 35.6 Å². The second-order valence-electron chi connectivity index (χ2n) is 11.8. The highest BCUT2D eigenvalue weighted by molar-refractivity contribution is 6.09. The molecule has 7 aromatic rings. The summed E-state index contributed by atoms with van der Waals surface area (Å²) in [5.41, 5.74) is 9.34. The highest BCUT2D eigenvalue weighted by atomic mass is 15.2. The first-order chi connectivity index (χ1) is 20.1. The van der Waals surface area contributed by atoms with Crippen molar-refractivity contribution in [1.82, 2.24) is 19.1 Å². The molecule has 0 spiro atoms. The van der Waals surface area contributed by atoms with Crippen molar-refractivity contribution in [1.29, 1.82) is 0 Å². The van der Waals surface area contributed by atoms with Gasteiger partial charge >= 0.3 is 0 Å². The van der Waals surface area contributed by atoms with Crippen LogP contribution in [0.1, 0.15) is 37.8 Å². The summed E-state index contributed by atoms with van der Waals surface area (Å²) < 4.78 is 4.71. The molecule has 0 saturated heterocycles. The van der Waals surface area contributed by atoms with E-state index in [9.17, 15) is 0 Å². The van der Waals surface area contributed by atoms with E-state index in [1.54, 1.807) is 0 Å². The minimum absolute atomic E-state index is 0.120. The zero-order valence-corrected chi connectivity index (χ0v) is 23.1. The van der Waals surface area contributed by atoms with Crippen LogP contribution in [0.5, 0.6) is 0 Å². The van der Waals surface area contributed by atoms with Gasteiger partial charge in [0.05, 0.1) is 27.6 Å². The minimum Gasteiger partial charge on any atom is -0.316 e. The van der Waals surface area contributed by atoms with Gasteiger partial charge in [0, 0.05) is 44.2 Å². The molecular weight excluding hydrogens is 500 g/mol. The fourth-order valence-corrected chi connectivity index (χ4v) is 7.24. The quantitative estimate of drug-likeness (QED) is 0.238. The fourth-order valence-electron chi connectivity index (χ4n) is 7.24. The normalized spacial score (nSPS) is 15.0. The Bertz CT molecular complexity index is 2330. The lowest BCUT2D eigenvalue weighted by Gasteiger charge is -2.34. The van der Waals surface area contributed by atoms with E-state index in [1.807, 2.05) is 0 Å². The number of benzene rings is 4. The number of hydrogen-bond acceptors (Lipinski definition) is 2. The number of rotatable bonds is 2. The molecule has 41 heavy (non-hydrogen) atoms. The number of para-hydroxylation sites is 2. The first-order valence-electron chi connectivity index (χ1n) is 14.4. The number of nitrogens with zero attached hydrogens (tertiary/aromatic N) is 4. The molecule has 2 aliphatic rings. The molecule has 1 aliphatic heterocycles. The standard InChI is InChI=1S/C37H28N4/c1-37(2)28-16-8-11-19-32(28)40-21-20-26-34-27(22-29(37)35(26)40)24-14-7-10-18-31(24)41(34)36-38-30-17-9-6-15-25(30)33(39-36)23-12-4-3-5-13-23/h3-6,8-9,11-22H,7,10H2,1-2H3. The molecular formula is C37H28N4. The van der Waals surface area contributed by atoms with Gasteiger partial charge in [-0.15, -0.1) is 0 Å². The van der Waals surface area contributed by atoms with E-state index >= 15 is 0 Å². The summed E-state index contributed by atoms with van der Waals surface area (Å²) >= 11 is 0. The minimum atomic E-state index is -0.120. The maximum atomic E-state index is 5.32. The van der Waals surface area contributed by atoms with Gasteiger partial charge < -0.3 is 4.57 Å². The summed E-state index contributed by atoms with van der Waals surface area (Å²) in [7, 11) is 0. The summed E-state index contributed by atoms with van der Waals surface area (Å²) in [6, 6.07) is 32.4. The molecule has 0 saturated carbocycles. The SMILES string of the molecule is CC1(C)c2ccccc2-n2ccc3c2c1cc1c2c(n(-c4nc(-c5ccccc5)c5ccccc5n4)c13)=CCCC=2. The Hall–Kier alpha value is -4.96. The first kappa shape index (κ1) is 22.8. The third kappa shape index (κ3) is 2.99. The van der Waals surface area contributed by atoms with Gasteiger partial charge in [0.1, 0.15) is 0 Å². The molecule has 0 amide bonds. The average molecular weight is 529 g/mol. The molecule has 196 valence electrons. The largest absolute Gasteiger partial charge is 0.316 e. The van der Waals surface area contributed by atoms with Crippen LogP contribution in [0.4, 0.5) is 0 Å². The van der Waals surface area contributed by atoms with Gasteiger partial charge in [-0.2, -0.15) is 0 Å². The van der Waals surface area contributed by atoms with Crippen LogP contribution in [0.15, 0.2) is 97.2 Å². The monoisotopic (exact) mass is 528 g/mol. The molecule has 4 heterocycles. The van der Waals surface area contributed by atoms with Gasteiger partial charge in [-0.05, 0) is 48.2 Å². The van der Waals surface area contributed by atoms with Crippen molar-refractivity contribution < 1.29 is 0 Å². The van der Waals surface area contributed by atoms with E-state index < -0.39 is 0 Å². The molecule has 4 aromatic carbocycles. The zero-order chi connectivity index (χ0) is 27.3. The van der Waals surface area contributed by atoms with Gasteiger partial charge in [0.15, 0.2) is 0 Å². The lowest BCUT2D eigenvalue weighted by Crippen LogP contribution is -2.31. The second-order valence-corrected chi connectivity index (χ2v) is 11.8. The molecule has 0 radical (unpaired) electrons. The molecule has 9 rings (SSSR count). The van der Waals surface area contributed by atoms with Crippen molar-refractivity contribution in [2.45, 2.75) is 32.1 Å². The highest BCUT2D eigenvalue weighted by Crippen LogP contribution is 2.46. The van der Waals surface area contributed by atoms with Crippen molar-refractivity contribution in [2.24, 2.45) is 0 Å². The van der Waals surface area contributed by atoms with Crippen molar-refractivity contribution in [2.75, 3.05) is 0 Å². The van der Waals surface area contributed by atoms with Crippen molar-refractivity contribution in [3.63, 3.8) is 0 Å². The van der Waals surface area contributed by atoms with Crippen LogP contribution in [-0.4, -0.2) is 19.1 Å². The molecule has 1 aliphatic carbocycles. The van der Waals surface area contributed by atoms with Crippen molar-refractivity contribution in [3.8, 4) is 22.9 Å². The Kier molecular flexibility index (Phi) is 4.48. The Balaban J connectivity index is 1.46. The third-order valence-corrected chi connectivity index (χ3v) is 9.17. The molecule has 0 unspecified atom stereocenters. The van der Waals surface area contributed by atoms with Crippen LogP contribution in [-0.2, 0) is 5.41 Å². The number of aromatic nitrogens is 4. The van der Waals surface area contributed by atoms with Crippen molar-refractivity contribution in [3.05, 3.63) is 119 Å². The van der Waals surface area contributed by atoms with Crippen LogP contribution >= 0.6 is 0 Å². The molecule has 0 bridgehead atoms. The molecule has 4 heteroatoms. The third-order valence-electron chi connectivity index (χ3n) is 9.17. The van der Waals surface area contributed by atoms with Crippen LogP contribution in [0.25, 0.3) is 67.8 Å². The van der Waals surface area contributed by atoms with Crippen LogP contribution in [0.2, 0.25) is 0 Å². The Morgan fingerprint density at radius 2 is 1.46 bits per heavy atom. The average Bonchev–Trinajstić information content (AvgIpc) is 3.60. The smallest absolute Gasteiger partial charge is 0.235 e. The molecule has 0 N–H and O–H groups in total. The van der Waals surface area contributed by atoms with Gasteiger partial charge in [0.25, 0.3) is 0 Å². The lowest BCUT2D eigenvalue weighted by atomic mass is 9.74. The molecule has 0 fully saturated rings. The van der Waals surface area contributed by atoms with E-state index in [2.05, 4.69) is 132 Å². The molecule has 0 atom stereocenters. The Morgan fingerprint density at radius 1 is 0.683 bits per heavy atom. The zero-order valence-electron chi connectivity index (χ0n) is 23.1. The molecule has 4 nitrogen and oxygen atoms in total. The van der Waals surface area contributed by atoms with Crippen LogP contribution < -0.4 is 10.6 Å². The number of hydrogen-bond donors (Lipinski definition) is 0. The summed E-state index contributed by atoms with van der Waals surface area (Å²) in [6.07, 6.45) is 9.07. The van der Waals surface area contributed by atoms with E-state index in [4.69, 9.17) is 9.97 Å². The Morgan fingerprint density at radius 3 is 2.37 bits per heavy atom. The van der Waals surface area contributed by atoms with E-state index in [-0.39, 0.29) is 5.41 Å². The summed E-state index contributed by atoms with van der Waals surface area (Å²) in [5, 5.41) is 6.08. The lowest BCUT2D eigenvalue weighted by molar-refractivity contribution is 0.629. The van der Waals surface area contributed by atoms with Crippen molar-refractivity contribution >= 4 is 44.9 Å². The molecule has 3 aromatic heterocycles. The maximum Gasteiger partial charge on any atom is 0.235 e. The Labute approximate surface area is 237 Å². The van der Waals surface area contributed by atoms with Crippen LogP contribution in [0, 0.1) is 0 Å². The van der Waals surface area contributed by atoms with Gasteiger partial charge in [-0.3, -0.25) is 4.57 Å². The highest BCUT2D eigenvalue weighted by Gasteiger charge is 2.35. The van der Waals surface area contributed by atoms with E-state index in [0.29, 0.717) is 0 Å². The van der Waals surface area contributed by atoms with Gasteiger partial charge in [-0.25, -0.2) is 9.97 Å². The predicted molar refractivity (Wildman–Crippen MR) is 168 cm³/mol. The van der Waals surface area contributed by atoms with Gasteiger partial charge in [-0.1, -0.05) is 92.7 Å². The summed E-state index contributed by atoms with van der Waals surface area (Å²) in [4.78, 5) is 10.5. The summed E-state index contributed by atoms with van der Waals surface area (Å²) in [5.74, 6) is 0.721. The summed E-state index contributed by atoms with van der Waals surface area (Å²) in [6.45, 7) is 4.72. The van der Waals surface area contributed by atoms with E-state index in [0.717, 1.165) is 41.0 Å².